The Morgan fingerprint density at radius 3 is 2.79 bits per heavy atom. The van der Waals surface area contributed by atoms with Gasteiger partial charge >= 0.3 is 6.18 Å². The second-order valence-corrected chi connectivity index (χ2v) is 7.17. The van der Waals surface area contributed by atoms with Crippen molar-refractivity contribution >= 4 is 33.4 Å². The van der Waals surface area contributed by atoms with Crippen LogP contribution in [0.3, 0.4) is 0 Å². The van der Waals surface area contributed by atoms with Crippen molar-refractivity contribution in [2.45, 2.75) is 19.0 Å². The van der Waals surface area contributed by atoms with Gasteiger partial charge in [0.05, 0.1) is 20.8 Å². The van der Waals surface area contributed by atoms with Gasteiger partial charge in [0, 0.05) is 19.0 Å². The molecule has 29 heavy (non-hydrogen) atoms. The number of amides is 1. The Morgan fingerprint density at radius 1 is 1.17 bits per heavy atom. The van der Waals surface area contributed by atoms with Crippen LogP contribution in [0.15, 0.2) is 42.6 Å². The zero-order valence-corrected chi connectivity index (χ0v) is 15.5. The number of hydrogen-bond donors (Lipinski definition) is 2. The van der Waals surface area contributed by atoms with Crippen molar-refractivity contribution in [3.63, 3.8) is 0 Å². The van der Waals surface area contributed by atoms with Gasteiger partial charge in [-0.15, -0.1) is 16.4 Å². The van der Waals surface area contributed by atoms with Crippen molar-refractivity contribution in [2.75, 3.05) is 5.32 Å². The Hall–Kier alpha value is -3.34. The smallest absolute Gasteiger partial charge is 0.293 e. The third kappa shape index (κ3) is 4.40. The van der Waals surface area contributed by atoms with E-state index in [0.717, 1.165) is 12.1 Å². The fraction of sp³-hybridized carbons (Fsp3) is 0.167. The Balaban J connectivity index is 1.38. The van der Waals surface area contributed by atoms with Gasteiger partial charge in [-0.1, -0.05) is 6.07 Å². The van der Waals surface area contributed by atoms with E-state index in [9.17, 15) is 18.0 Å². The molecule has 0 saturated carbocycles. The Morgan fingerprint density at radius 2 is 2.03 bits per heavy atom. The molecule has 0 aliphatic carbocycles. The standard InChI is InChI=1S/C18H13F3N6OS/c19-18(20,21)10-4-5-13-12(9-10)23-15(29-13)7-6-14(28)24-17-25-16(26-27-17)11-3-1-2-8-22-11/h1-5,8-9H,6-7H2,(H2,24,25,26,27,28). The van der Waals surface area contributed by atoms with Crippen LogP contribution in [-0.2, 0) is 17.4 Å². The molecule has 0 saturated heterocycles. The van der Waals surface area contributed by atoms with E-state index in [-0.39, 0.29) is 23.8 Å². The normalized spacial score (nSPS) is 11.7. The van der Waals surface area contributed by atoms with Gasteiger partial charge in [0.25, 0.3) is 0 Å². The number of carbonyl (C=O) groups is 1. The summed E-state index contributed by atoms with van der Waals surface area (Å²) >= 11 is 1.26. The summed E-state index contributed by atoms with van der Waals surface area (Å²) in [5, 5.41) is 9.78. The van der Waals surface area contributed by atoms with Crippen LogP contribution in [0, 0.1) is 0 Å². The highest BCUT2D eigenvalue weighted by Crippen LogP contribution is 2.33. The number of halogens is 3. The van der Waals surface area contributed by atoms with E-state index in [1.54, 1.807) is 24.4 Å². The van der Waals surface area contributed by atoms with Crippen LogP contribution in [0.25, 0.3) is 21.7 Å². The number of H-pyrrole nitrogens is 1. The lowest BCUT2D eigenvalue weighted by molar-refractivity contribution is -0.137. The zero-order valence-electron chi connectivity index (χ0n) is 14.7. The fourth-order valence-corrected chi connectivity index (χ4v) is 3.55. The highest BCUT2D eigenvalue weighted by atomic mass is 32.1. The molecule has 0 aliphatic rings. The number of benzene rings is 1. The molecule has 1 aromatic carbocycles. The van der Waals surface area contributed by atoms with Gasteiger partial charge in [0.2, 0.25) is 11.9 Å². The van der Waals surface area contributed by atoms with Crippen LogP contribution < -0.4 is 5.32 Å². The first-order valence-corrected chi connectivity index (χ1v) is 9.30. The molecule has 1 amide bonds. The first-order valence-electron chi connectivity index (χ1n) is 8.49. The molecule has 4 rings (SSSR count). The second-order valence-electron chi connectivity index (χ2n) is 6.06. The number of thiazole rings is 1. The van der Waals surface area contributed by atoms with Crippen LogP contribution >= 0.6 is 11.3 Å². The maximum atomic E-state index is 12.8. The molecule has 0 unspecified atom stereocenters. The van der Waals surface area contributed by atoms with E-state index in [2.05, 4.69) is 30.5 Å². The summed E-state index contributed by atoms with van der Waals surface area (Å²) in [4.78, 5) is 24.6. The van der Waals surface area contributed by atoms with Crippen LogP contribution in [0.1, 0.15) is 17.0 Å². The molecule has 3 heterocycles. The first-order chi connectivity index (χ1) is 13.9. The molecular formula is C18H13F3N6OS. The highest BCUT2D eigenvalue weighted by Gasteiger charge is 2.30. The minimum Gasteiger partial charge on any atom is -0.293 e. The number of fused-ring (bicyclic) bond motifs is 1. The SMILES string of the molecule is O=C(CCc1nc2cc(C(F)(F)F)ccc2s1)Nc1n[nH]c(-c2ccccn2)n1. The number of hydrogen-bond acceptors (Lipinski definition) is 6. The monoisotopic (exact) mass is 418 g/mol. The molecule has 0 radical (unpaired) electrons. The van der Waals surface area contributed by atoms with Gasteiger partial charge in [-0.05, 0) is 30.3 Å². The third-order valence-corrected chi connectivity index (χ3v) is 5.07. The number of aryl methyl sites for hydroxylation is 1. The molecule has 0 atom stereocenters. The molecule has 0 fully saturated rings. The summed E-state index contributed by atoms with van der Waals surface area (Å²) in [5.41, 5.74) is 0.121. The number of anilines is 1. The summed E-state index contributed by atoms with van der Waals surface area (Å²) in [6.45, 7) is 0. The number of pyridine rings is 1. The van der Waals surface area contributed by atoms with Crippen LogP contribution in [0.5, 0.6) is 0 Å². The van der Waals surface area contributed by atoms with Crippen molar-refractivity contribution in [2.24, 2.45) is 0 Å². The van der Waals surface area contributed by atoms with E-state index < -0.39 is 11.7 Å². The molecule has 0 spiro atoms. The van der Waals surface area contributed by atoms with Gasteiger partial charge < -0.3 is 0 Å². The number of alkyl halides is 3. The van der Waals surface area contributed by atoms with Crippen LogP contribution in [0.4, 0.5) is 19.1 Å². The quantitative estimate of drug-likeness (QED) is 0.509. The van der Waals surface area contributed by atoms with Crippen molar-refractivity contribution in [3.05, 3.63) is 53.2 Å². The lowest BCUT2D eigenvalue weighted by atomic mass is 10.2. The summed E-state index contributed by atoms with van der Waals surface area (Å²) < 4.78 is 39.0. The van der Waals surface area contributed by atoms with Crippen molar-refractivity contribution < 1.29 is 18.0 Å². The summed E-state index contributed by atoms with van der Waals surface area (Å²) in [5.74, 6) is 0.217. The van der Waals surface area contributed by atoms with Gasteiger partial charge in [-0.2, -0.15) is 18.2 Å². The number of nitrogens with zero attached hydrogens (tertiary/aromatic N) is 4. The first kappa shape index (κ1) is 19.0. The van der Waals surface area contributed by atoms with E-state index in [1.807, 2.05) is 0 Å². The Labute approximate surface area is 166 Å². The average molecular weight is 418 g/mol. The number of carbonyl (C=O) groups excluding carboxylic acids is 1. The fourth-order valence-electron chi connectivity index (χ4n) is 2.60. The molecule has 2 N–H and O–H groups in total. The number of aromatic nitrogens is 5. The molecule has 0 aliphatic heterocycles. The van der Waals surface area contributed by atoms with Gasteiger partial charge in [0.15, 0.2) is 5.82 Å². The summed E-state index contributed by atoms with van der Waals surface area (Å²) in [7, 11) is 0. The zero-order chi connectivity index (χ0) is 20.4. The van der Waals surface area contributed by atoms with Crippen molar-refractivity contribution in [3.8, 4) is 11.5 Å². The van der Waals surface area contributed by atoms with Crippen LogP contribution in [-0.4, -0.2) is 31.1 Å². The number of rotatable bonds is 5. The van der Waals surface area contributed by atoms with Gasteiger partial charge in [-0.3, -0.25) is 20.2 Å². The molecule has 0 bridgehead atoms. The van der Waals surface area contributed by atoms with Gasteiger partial charge in [-0.25, -0.2) is 4.98 Å². The van der Waals surface area contributed by atoms with E-state index in [0.29, 0.717) is 27.6 Å². The topological polar surface area (TPSA) is 96.5 Å². The van der Waals surface area contributed by atoms with Gasteiger partial charge in [0.1, 0.15) is 5.69 Å². The molecule has 4 aromatic rings. The summed E-state index contributed by atoms with van der Waals surface area (Å²) in [6.07, 6.45) is -2.40. The maximum Gasteiger partial charge on any atom is 0.416 e. The van der Waals surface area contributed by atoms with E-state index >= 15 is 0 Å². The van der Waals surface area contributed by atoms with E-state index in [4.69, 9.17) is 0 Å². The highest BCUT2D eigenvalue weighted by molar-refractivity contribution is 7.18. The molecule has 11 heteroatoms. The largest absolute Gasteiger partial charge is 0.416 e. The number of nitrogens with one attached hydrogen (secondary N) is 2. The minimum atomic E-state index is -4.41. The molecule has 7 nitrogen and oxygen atoms in total. The maximum absolute atomic E-state index is 12.8. The Kier molecular flexibility index (Phi) is 4.97. The number of aromatic amines is 1. The second kappa shape index (κ2) is 7.59. The lowest BCUT2D eigenvalue weighted by Crippen LogP contribution is -2.13. The molecule has 3 aromatic heterocycles. The average Bonchev–Trinajstić information content (AvgIpc) is 3.32. The molecule has 148 valence electrons. The molecular weight excluding hydrogens is 405 g/mol. The predicted octanol–water partition coefficient (Wildman–Crippen LogP) is 4.07. The Bertz CT molecular complexity index is 1160. The van der Waals surface area contributed by atoms with E-state index in [1.165, 1.54) is 17.4 Å². The van der Waals surface area contributed by atoms with Crippen molar-refractivity contribution in [1.29, 1.82) is 0 Å². The van der Waals surface area contributed by atoms with Crippen LogP contribution in [0.2, 0.25) is 0 Å². The lowest BCUT2D eigenvalue weighted by Gasteiger charge is -2.04. The third-order valence-electron chi connectivity index (χ3n) is 3.97. The van der Waals surface area contributed by atoms with Crippen molar-refractivity contribution in [1.82, 2.24) is 25.1 Å². The minimum absolute atomic E-state index is 0.0966. The predicted molar refractivity (Wildman–Crippen MR) is 101 cm³/mol. The summed E-state index contributed by atoms with van der Waals surface area (Å²) in [6, 6.07) is 8.77.